The zero-order valence-corrected chi connectivity index (χ0v) is 14.6. The van der Waals surface area contributed by atoms with Gasteiger partial charge in [0.2, 0.25) is 0 Å². The highest BCUT2D eigenvalue weighted by atomic mass is 16.6. The van der Waals surface area contributed by atoms with E-state index in [2.05, 4.69) is 21.9 Å². The molecule has 3 N–H and O–H groups in total. The number of rotatable bonds is 4. The molecule has 25 heavy (non-hydrogen) atoms. The molecule has 2 aromatic rings. The Morgan fingerprint density at radius 1 is 1.24 bits per heavy atom. The predicted molar refractivity (Wildman–Crippen MR) is 99.6 cm³/mol. The van der Waals surface area contributed by atoms with Crippen LogP contribution in [0.3, 0.4) is 0 Å². The molecule has 1 aromatic heterocycles. The lowest BCUT2D eigenvalue weighted by Gasteiger charge is -2.19. The highest BCUT2D eigenvalue weighted by molar-refractivity contribution is 5.86. The van der Waals surface area contributed by atoms with Crippen molar-refractivity contribution >= 4 is 23.7 Å². The van der Waals surface area contributed by atoms with Gasteiger partial charge in [0, 0.05) is 11.9 Å². The molecule has 1 amide bonds. The fraction of sp³-hybridized carbons (Fsp3) is 0.211. The number of ether oxygens (including phenoxy) is 1. The third-order valence-electron chi connectivity index (χ3n) is 3.22. The van der Waals surface area contributed by atoms with E-state index >= 15 is 0 Å². The van der Waals surface area contributed by atoms with Crippen molar-refractivity contribution < 1.29 is 9.53 Å². The first-order valence-electron chi connectivity index (χ1n) is 7.80. The number of carbonyl (C=O) groups is 1. The average Bonchev–Trinajstić information content (AvgIpc) is 2.54. The number of nitrogens with one attached hydrogen (secondary N) is 3. The van der Waals surface area contributed by atoms with Gasteiger partial charge in [0.1, 0.15) is 17.4 Å². The summed E-state index contributed by atoms with van der Waals surface area (Å²) >= 11 is 0. The van der Waals surface area contributed by atoms with E-state index in [1.165, 1.54) is 0 Å². The predicted octanol–water partition coefficient (Wildman–Crippen LogP) is 3.93. The lowest BCUT2D eigenvalue weighted by Crippen LogP contribution is -2.27. The van der Waals surface area contributed by atoms with Crippen molar-refractivity contribution in [2.45, 2.75) is 26.4 Å². The molecule has 0 aliphatic heterocycles. The van der Waals surface area contributed by atoms with Crippen LogP contribution in [0.2, 0.25) is 0 Å². The van der Waals surface area contributed by atoms with Gasteiger partial charge in [-0.25, -0.2) is 9.79 Å². The molecule has 6 heteroatoms. The van der Waals surface area contributed by atoms with Crippen LogP contribution in [0.5, 0.6) is 0 Å². The van der Waals surface area contributed by atoms with Gasteiger partial charge in [-0.2, -0.15) is 0 Å². The Balaban J connectivity index is 2.13. The van der Waals surface area contributed by atoms with E-state index in [1.54, 1.807) is 18.3 Å². The lowest BCUT2D eigenvalue weighted by molar-refractivity contribution is 0.0636. The standard InChI is InChI=1S/C19H22N4O2/c1-13(15-9-10-21-17(11-15)22-12-20)14-5-7-16(8-6-14)23-18(24)25-19(2,3)4/h5-12H,1H2,2-4H3,(H,23,24)(H2,20,21,22). The van der Waals surface area contributed by atoms with Crippen molar-refractivity contribution in [2.75, 3.05) is 5.32 Å². The number of anilines is 1. The number of nitrogens with zero attached hydrogens (tertiary/aromatic N) is 1. The molecule has 130 valence electrons. The lowest BCUT2D eigenvalue weighted by atomic mass is 10.0. The number of benzene rings is 1. The Morgan fingerprint density at radius 2 is 1.92 bits per heavy atom. The van der Waals surface area contributed by atoms with E-state index in [0.717, 1.165) is 23.0 Å². The first-order valence-corrected chi connectivity index (χ1v) is 7.80. The molecular formula is C19H22N4O2. The molecule has 0 fully saturated rings. The number of pyridine rings is 1. The van der Waals surface area contributed by atoms with Gasteiger partial charge in [0.25, 0.3) is 0 Å². The maximum Gasteiger partial charge on any atom is 0.412 e. The molecule has 6 nitrogen and oxygen atoms in total. The van der Waals surface area contributed by atoms with E-state index in [9.17, 15) is 4.79 Å². The fourth-order valence-corrected chi connectivity index (χ4v) is 2.13. The molecule has 0 unspecified atom stereocenters. The molecule has 0 aliphatic rings. The summed E-state index contributed by atoms with van der Waals surface area (Å²) in [6, 6.07) is 11.0. The Labute approximate surface area is 146 Å². The average molecular weight is 338 g/mol. The molecule has 0 spiro atoms. The van der Waals surface area contributed by atoms with Crippen LogP contribution in [0.4, 0.5) is 10.5 Å². The van der Waals surface area contributed by atoms with Crippen molar-refractivity contribution in [3.8, 4) is 0 Å². The van der Waals surface area contributed by atoms with Gasteiger partial charge in [-0.1, -0.05) is 18.7 Å². The molecule has 2 rings (SSSR count). The smallest absolute Gasteiger partial charge is 0.412 e. The van der Waals surface area contributed by atoms with Crippen LogP contribution in [0, 0.1) is 5.41 Å². The number of aromatic amines is 1. The quantitative estimate of drug-likeness (QED) is 0.582. The van der Waals surface area contributed by atoms with E-state index in [1.807, 2.05) is 45.0 Å². The number of aromatic nitrogens is 1. The highest BCUT2D eigenvalue weighted by Crippen LogP contribution is 2.22. The van der Waals surface area contributed by atoms with E-state index < -0.39 is 11.7 Å². The maximum absolute atomic E-state index is 11.8. The number of hydrogen-bond acceptors (Lipinski definition) is 3. The van der Waals surface area contributed by atoms with E-state index in [0.29, 0.717) is 11.2 Å². The van der Waals surface area contributed by atoms with Gasteiger partial charge in [-0.3, -0.25) is 10.7 Å². The van der Waals surface area contributed by atoms with Crippen LogP contribution in [0.15, 0.2) is 54.2 Å². The summed E-state index contributed by atoms with van der Waals surface area (Å²) in [6.45, 7) is 9.56. The molecule has 0 atom stereocenters. The topological polar surface area (TPSA) is 90.3 Å². The van der Waals surface area contributed by atoms with Crippen LogP contribution in [0.1, 0.15) is 31.9 Å². The molecule has 0 bridgehead atoms. The third-order valence-corrected chi connectivity index (χ3v) is 3.22. The second-order valence-electron chi connectivity index (χ2n) is 6.40. The Morgan fingerprint density at radius 3 is 2.52 bits per heavy atom. The van der Waals surface area contributed by atoms with E-state index in [4.69, 9.17) is 10.1 Å². The molecule has 0 saturated carbocycles. The zero-order chi connectivity index (χ0) is 18.4. The normalized spacial score (nSPS) is 11.7. The van der Waals surface area contributed by atoms with Crippen molar-refractivity contribution in [1.29, 1.82) is 5.41 Å². The summed E-state index contributed by atoms with van der Waals surface area (Å²) in [5.74, 6) is 0. The van der Waals surface area contributed by atoms with Crippen molar-refractivity contribution in [3.05, 3.63) is 65.8 Å². The number of H-pyrrole nitrogens is 1. The van der Waals surface area contributed by atoms with Gasteiger partial charge >= 0.3 is 6.09 Å². The van der Waals surface area contributed by atoms with Crippen LogP contribution >= 0.6 is 0 Å². The monoisotopic (exact) mass is 338 g/mol. The number of hydrogen-bond donors (Lipinski definition) is 3. The summed E-state index contributed by atoms with van der Waals surface area (Å²) in [5.41, 5.74) is 3.32. The Bertz CT molecular complexity index is 843. The first-order chi connectivity index (χ1) is 11.8. The zero-order valence-electron chi connectivity index (χ0n) is 14.6. The van der Waals surface area contributed by atoms with Gasteiger partial charge in [0.05, 0.1) is 0 Å². The fourth-order valence-electron chi connectivity index (χ4n) is 2.13. The van der Waals surface area contributed by atoms with E-state index in [-0.39, 0.29) is 0 Å². The minimum Gasteiger partial charge on any atom is -0.444 e. The molecule has 1 heterocycles. The summed E-state index contributed by atoms with van der Waals surface area (Å²) in [5, 5.41) is 9.73. The number of carbonyl (C=O) groups excluding carboxylic acids is 1. The number of amides is 1. The molecule has 1 aromatic carbocycles. The van der Waals surface area contributed by atoms with Gasteiger partial charge in [-0.15, -0.1) is 0 Å². The van der Waals surface area contributed by atoms with Crippen molar-refractivity contribution in [3.63, 3.8) is 0 Å². The third kappa shape index (κ3) is 5.46. The SMILES string of the molecule is C=C(c1ccc(NC(=O)OC(C)(C)C)cc1)c1cc[nH]/c(=N\C=N)c1. The van der Waals surface area contributed by atoms with Crippen LogP contribution in [0.25, 0.3) is 5.57 Å². The van der Waals surface area contributed by atoms with Crippen molar-refractivity contribution in [1.82, 2.24) is 4.98 Å². The summed E-state index contributed by atoms with van der Waals surface area (Å²) in [6.07, 6.45) is 2.24. The maximum atomic E-state index is 11.8. The highest BCUT2D eigenvalue weighted by Gasteiger charge is 2.16. The van der Waals surface area contributed by atoms with Crippen LogP contribution < -0.4 is 10.8 Å². The van der Waals surface area contributed by atoms with Gasteiger partial charge in [-0.05, 0) is 61.7 Å². The van der Waals surface area contributed by atoms with Crippen LogP contribution in [-0.4, -0.2) is 23.0 Å². The molecule has 0 aliphatic carbocycles. The Kier molecular flexibility index (Phi) is 5.54. The first kappa shape index (κ1) is 18.2. The minimum absolute atomic E-state index is 0.490. The van der Waals surface area contributed by atoms with Crippen molar-refractivity contribution in [2.24, 2.45) is 4.99 Å². The second-order valence-corrected chi connectivity index (χ2v) is 6.40. The largest absolute Gasteiger partial charge is 0.444 e. The molecule has 0 radical (unpaired) electrons. The summed E-state index contributed by atoms with van der Waals surface area (Å²) in [7, 11) is 0. The minimum atomic E-state index is -0.540. The van der Waals surface area contributed by atoms with Crippen LogP contribution in [-0.2, 0) is 4.74 Å². The summed E-state index contributed by atoms with van der Waals surface area (Å²) in [4.78, 5) is 18.6. The van der Waals surface area contributed by atoms with Gasteiger partial charge in [0.15, 0.2) is 0 Å². The Hall–Kier alpha value is -3.15. The van der Waals surface area contributed by atoms with Gasteiger partial charge < -0.3 is 9.72 Å². The summed E-state index contributed by atoms with van der Waals surface area (Å²) < 4.78 is 5.23. The second kappa shape index (κ2) is 7.61. The molecule has 0 saturated heterocycles. The molecular weight excluding hydrogens is 316 g/mol.